The molecule has 102 valence electrons. The van der Waals surface area contributed by atoms with E-state index in [4.69, 9.17) is 10.5 Å². The molecule has 4 nitrogen and oxygen atoms in total. The number of carbonyl (C=O) groups is 1. The number of hydrogen-bond acceptors (Lipinski definition) is 4. The zero-order valence-electron chi connectivity index (χ0n) is 11.1. The Hall–Kier alpha value is -1.26. The maximum absolute atomic E-state index is 10.8. The van der Waals surface area contributed by atoms with Crippen molar-refractivity contribution in [2.24, 2.45) is 11.1 Å². The van der Waals surface area contributed by atoms with Crippen LogP contribution in [-0.2, 0) is 4.79 Å². The van der Waals surface area contributed by atoms with Gasteiger partial charge in [0.25, 0.3) is 0 Å². The first kappa shape index (κ1) is 16.7. The van der Waals surface area contributed by atoms with Crippen LogP contribution in [0.25, 0.3) is 0 Å². The molecule has 3 N–H and O–H groups in total. The Bertz CT molecular complexity index is 427. The fourth-order valence-corrected chi connectivity index (χ4v) is 1.47. The number of benzene rings is 1. The molecule has 0 amide bonds. The number of rotatable bonds is 2. The lowest BCUT2D eigenvalue weighted by molar-refractivity contribution is -0.132. The summed E-state index contributed by atoms with van der Waals surface area (Å²) in [6.45, 7) is 7.35. The summed E-state index contributed by atoms with van der Waals surface area (Å²) in [5.41, 5.74) is 6.78. The number of phenols is 1. The minimum atomic E-state index is -0.465. The SMILES string of the molecule is CC(=O)Oc1ccc([C@H](N)C(C)(C)C)cc1O.Cl. The number of ether oxygens (including phenoxy) is 1. The molecule has 0 aliphatic rings. The van der Waals surface area contributed by atoms with Gasteiger partial charge in [0.2, 0.25) is 0 Å². The lowest BCUT2D eigenvalue weighted by Gasteiger charge is -2.27. The topological polar surface area (TPSA) is 72.5 Å². The average molecular weight is 274 g/mol. The molecule has 0 unspecified atom stereocenters. The molecule has 5 heteroatoms. The molecule has 0 fully saturated rings. The molecular weight excluding hydrogens is 254 g/mol. The predicted octanol–water partition coefficient (Wildman–Crippen LogP) is 2.79. The fourth-order valence-electron chi connectivity index (χ4n) is 1.47. The van der Waals surface area contributed by atoms with E-state index < -0.39 is 5.97 Å². The minimum absolute atomic E-state index is 0. The number of halogens is 1. The van der Waals surface area contributed by atoms with Gasteiger partial charge in [-0.1, -0.05) is 26.8 Å². The van der Waals surface area contributed by atoms with Crippen molar-refractivity contribution in [3.63, 3.8) is 0 Å². The molecule has 0 saturated carbocycles. The standard InChI is InChI=1S/C13H19NO3.ClH/c1-8(15)17-11-6-5-9(7-10(11)16)12(14)13(2,3)4;/h5-7,12,16H,14H2,1-4H3;1H/t12-;/m0./s1. The van der Waals surface area contributed by atoms with Gasteiger partial charge < -0.3 is 15.6 Å². The highest BCUT2D eigenvalue weighted by Gasteiger charge is 2.23. The summed E-state index contributed by atoms with van der Waals surface area (Å²) in [5, 5.41) is 9.72. The third-order valence-corrected chi connectivity index (χ3v) is 2.53. The third kappa shape index (κ3) is 4.20. The normalized spacial score (nSPS) is 12.5. The second-order valence-electron chi connectivity index (χ2n) is 5.16. The van der Waals surface area contributed by atoms with E-state index in [2.05, 4.69) is 0 Å². The van der Waals surface area contributed by atoms with Gasteiger partial charge in [-0.05, 0) is 23.1 Å². The van der Waals surface area contributed by atoms with Crippen LogP contribution in [0, 0.1) is 5.41 Å². The lowest BCUT2D eigenvalue weighted by atomic mass is 9.83. The molecule has 0 radical (unpaired) electrons. The van der Waals surface area contributed by atoms with Gasteiger partial charge in [-0.2, -0.15) is 0 Å². The van der Waals surface area contributed by atoms with Crippen molar-refractivity contribution in [1.82, 2.24) is 0 Å². The average Bonchev–Trinajstić information content (AvgIpc) is 2.18. The Balaban J connectivity index is 0.00000289. The van der Waals surface area contributed by atoms with Gasteiger partial charge in [0.1, 0.15) is 0 Å². The van der Waals surface area contributed by atoms with Crippen molar-refractivity contribution in [1.29, 1.82) is 0 Å². The van der Waals surface area contributed by atoms with E-state index in [1.54, 1.807) is 12.1 Å². The summed E-state index contributed by atoms with van der Waals surface area (Å²) in [5.74, 6) is -0.382. The van der Waals surface area contributed by atoms with E-state index in [1.807, 2.05) is 20.8 Å². The van der Waals surface area contributed by atoms with Crippen molar-refractivity contribution in [2.75, 3.05) is 0 Å². The van der Waals surface area contributed by atoms with Crippen LogP contribution in [0.5, 0.6) is 11.5 Å². The first-order chi connectivity index (χ1) is 7.71. The zero-order valence-corrected chi connectivity index (χ0v) is 11.9. The van der Waals surface area contributed by atoms with Crippen LogP contribution >= 0.6 is 12.4 Å². The second-order valence-corrected chi connectivity index (χ2v) is 5.16. The van der Waals surface area contributed by atoms with E-state index in [1.165, 1.54) is 13.0 Å². The quantitative estimate of drug-likeness (QED) is 0.642. The number of hydrogen-bond donors (Lipinski definition) is 2. The zero-order chi connectivity index (χ0) is 13.2. The van der Waals surface area contributed by atoms with Gasteiger partial charge in [-0.25, -0.2) is 0 Å². The lowest BCUT2D eigenvalue weighted by Crippen LogP contribution is -2.26. The van der Waals surface area contributed by atoms with Crippen molar-refractivity contribution in [3.05, 3.63) is 23.8 Å². The van der Waals surface area contributed by atoms with Gasteiger partial charge >= 0.3 is 5.97 Å². The maximum Gasteiger partial charge on any atom is 0.308 e. The number of carbonyl (C=O) groups excluding carboxylic acids is 1. The van der Waals surface area contributed by atoms with Crippen LogP contribution in [-0.4, -0.2) is 11.1 Å². The van der Waals surface area contributed by atoms with E-state index in [0.717, 1.165) is 5.56 Å². The van der Waals surface area contributed by atoms with Crippen LogP contribution in [0.15, 0.2) is 18.2 Å². The van der Waals surface area contributed by atoms with Gasteiger partial charge in [-0.3, -0.25) is 4.79 Å². The molecule has 0 aliphatic carbocycles. The number of phenolic OH excluding ortho intramolecular Hbond substituents is 1. The predicted molar refractivity (Wildman–Crippen MR) is 73.0 cm³/mol. The van der Waals surface area contributed by atoms with E-state index >= 15 is 0 Å². The van der Waals surface area contributed by atoms with E-state index in [0.29, 0.717) is 0 Å². The molecule has 0 spiro atoms. The van der Waals surface area contributed by atoms with Gasteiger partial charge in [0.15, 0.2) is 11.5 Å². The highest BCUT2D eigenvalue weighted by atomic mass is 35.5. The Morgan fingerprint density at radius 1 is 1.39 bits per heavy atom. The fraction of sp³-hybridized carbons (Fsp3) is 0.462. The molecule has 1 atom stereocenters. The molecule has 0 heterocycles. The number of esters is 1. The van der Waals surface area contributed by atoms with E-state index in [9.17, 15) is 9.90 Å². The van der Waals surface area contributed by atoms with Gasteiger partial charge in [-0.15, -0.1) is 12.4 Å². The molecule has 0 aliphatic heterocycles. The molecule has 1 aromatic carbocycles. The van der Waals surface area contributed by atoms with Gasteiger partial charge in [0, 0.05) is 13.0 Å². The largest absolute Gasteiger partial charge is 0.504 e. The molecule has 1 rings (SSSR count). The maximum atomic E-state index is 10.8. The Morgan fingerprint density at radius 3 is 2.33 bits per heavy atom. The Morgan fingerprint density at radius 2 is 1.94 bits per heavy atom. The molecule has 1 aromatic rings. The molecule has 0 aromatic heterocycles. The Kier molecular flexibility index (Phi) is 5.64. The van der Waals surface area contributed by atoms with Crippen LogP contribution < -0.4 is 10.5 Å². The summed E-state index contributed by atoms with van der Waals surface area (Å²) < 4.78 is 4.84. The highest BCUT2D eigenvalue weighted by Crippen LogP contribution is 2.35. The van der Waals surface area contributed by atoms with Crippen LogP contribution in [0.4, 0.5) is 0 Å². The monoisotopic (exact) mass is 273 g/mol. The van der Waals surface area contributed by atoms with Crippen LogP contribution in [0.1, 0.15) is 39.3 Å². The molecule has 0 saturated heterocycles. The molecular formula is C13H20ClNO3. The third-order valence-electron chi connectivity index (χ3n) is 2.53. The van der Waals surface area contributed by atoms with E-state index in [-0.39, 0.29) is 35.4 Å². The number of nitrogens with two attached hydrogens (primary N) is 1. The smallest absolute Gasteiger partial charge is 0.308 e. The highest BCUT2D eigenvalue weighted by molar-refractivity contribution is 5.85. The summed E-state index contributed by atoms with van der Waals surface area (Å²) in [7, 11) is 0. The minimum Gasteiger partial charge on any atom is -0.504 e. The van der Waals surface area contributed by atoms with Crippen molar-refractivity contribution in [3.8, 4) is 11.5 Å². The van der Waals surface area contributed by atoms with Crippen LogP contribution in [0.2, 0.25) is 0 Å². The second kappa shape index (κ2) is 6.07. The molecule has 0 bridgehead atoms. The van der Waals surface area contributed by atoms with Crippen LogP contribution in [0.3, 0.4) is 0 Å². The van der Waals surface area contributed by atoms with Crippen molar-refractivity contribution >= 4 is 18.4 Å². The molecule has 18 heavy (non-hydrogen) atoms. The summed E-state index contributed by atoms with van der Waals surface area (Å²) >= 11 is 0. The van der Waals surface area contributed by atoms with Crippen molar-refractivity contribution in [2.45, 2.75) is 33.7 Å². The summed E-state index contributed by atoms with van der Waals surface area (Å²) in [6.07, 6.45) is 0. The first-order valence-electron chi connectivity index (χ1n) is 5.48. The first-order valence-corrected chi connectivity index (χ1v) is 5.48. The summed E-state index contributed by atoms with van der Waals surface area (Å²) in [6, 6.07) is 4.65. The van der Waals surface area contributed by atoms with Gasteiger partial charge in [0.05, 0.1) is 0 Å². The Labute approximate surface area is 114 Å². The number of aromatic hydroxyl groups is 1. The van der Waals surface area contributed by atoms with Crippen molar-refractivity contribution < 1.29 is 14.6 Å². The summed E-state index contributed by atoms with van der Waals surface area (Å²) in [4.78, 5) is 10.8.